The second-order valence-electron chi connectivity index (χ2n) is 17.1. The molecule has 3 saturated heterocycles. The first-order valence-corrected chi connectivity index (χ1v) is 20.6. The van der Waals surface area contributed by atoms with E-state index < -0.39 is 83.7 Å². The second kappa shape index (κ2) is 17.9. The Morgan fingerprint density at radius 1 is 0.934 bits per heavy atom. The molecule has 3 aromatic rings. The van der Waals surface area contributed by atoms with Crippen LogP contribution in [0.4, 0.5) is 0 Å². The number of carbonyl (C=O) groups is 5. The van der Waals surface area contributed by atoms with Crippen molar-refractivity contribution in [3.63, 3.8) is 0 Å². The fraction of sp³-hybridized carbons (Fsp3) is 0.457. The minimum atomic E-state index is -1.54. The lowest BCUT2D eigenvalue weighted by molar-refractivity contribution is -0.213. The van der Waals surface area contributed by atoms with Crippen molar-refractivity contribution in [3.05, 3.63) is 113 Å². The number of nitrogens with one attached hydrogen (secondary N) is 2. The molecule has 0 radical (unpaired) electrons. The van der Waals surface area contributed by atoms with Crippen molar-refractivity contribution >= 4 is 35.7 Å². The van der Waals surface area contributed by atoms with E-state index in [9.17, 15) is 29.1 Å². The van der Waals surface area contributed by atoms with Crippen LogP contribution in [0.5, 0.6) is 0 Å². The van der Waals surface area contributed by atoms with Crippen LogP contribution in [0, 0.1) is 5.41 Å². The van der Waals surface area contributed by atoms with Gasteiger partial charge in [-0.25, -0.2) is 0 Å². The summed E-state index contributed by atoms with van der Waals surface area (Å²) >= 11 is 0. The number of carbonyl (C=O) groups excluding carboxylic acids is 5. The Morgan fingerprint density at radius 2 is 1.57 bits per heavy atom. The van der Waals surface area contributed by atoms with Gasteiger partial charge in [-0.3, -0.25) is 28.8 Å². The van der Waals surface area contributed by atoms with Crippen LogP contribution in [-0.4, -0.2) is 114 Å². The molecule has 7 rings (SSSR count). The maximum Gasteiger partial charge on any atom is 0.327 e. The number of hydrogen-bond donors (Lipinski definition) is 3. The predicted molar refractivity (Wildman–Crippen MR) is 220 cm³/mol. The Labute approximate surface area is 355 Å². The summed E-state index contributed by atoms with van der Waals surface area (Å²) in [6, 6.07) is 24.3. The summed E-state index contributed by atoms with van der Waals surface area (Å²) in [4.78, 5) is 75.3. The molecule has 2 bridgehead atoms. The number of amides is 3. The van der Waals surface area contributed by atoms with Crippen molar-refractivity contribution in [1.82, 2.24) is 20.6 Å². The van der Waals surface area contributed by atoms with E-state index in [2.05, 4.69) is 10.6 Å². The van der Waals surface area contributed by atoms with Gasteiger partial charge in [0.2, 0.25) is 23.5 Å². The normalized spacial score (nSPS) is 25.6. The fourth-order valence-corrected chi connectivity index (χ4v) is 8.66. The van der Waals surface area contributed by atoms with Crippen molar-refractivity contribution in [2.75, 3.05) is 27.2 Å². The lowest BCUT2D eigenvalue weighted by Crippen LogP contribution is -2.69. The van der Waals surface area contributed by atoms with Crippen LogP contribution in [0.2, 0.25) is 0 Å². The molecule has 15 heteroatoms. The summed E-state index contributed by atoms with van der Waals surface area (Å²) < 4.78 is 25.5. The molecule has 1 saturated carbocycles. The molecule has 0 spiro atoms. The van der Waals surface area contributed by atoms with Gasteiger partial charge in [-0.05, 0) is 44.4 Å². The smallest absolute Gasteiger partial charge is 0.327 e. The van der Waals surface area contributed by atoms with E-state index in [1.165, 1.54) is 16.0 Å². The van der Waals surface area contributed by atoms with E-state index in [1.54, 1.807) is 40.9 Å². The average Bonchev–Trinajstić information content (AvgIpc) is 3.81. The predicted octanol–water partition coefficient (Wildman–Crippen LogP) is 3.38. The molecule has 4 aliphatic rings. The second-order valence-corrected chi connectivity index (χ2v) is 17.1. The monoisotopic (exact) mass is 838 g/mol. The zero-order valence-corrected chi connectivity index (χ0v) is 35.1. The number of ether oxygens (including phenoxy) is 4. The molecule has 3 heterocycles. The average molecular weight is 839 g/mol. The number of rotatable bonds is 15. The minimum absolute atomic E-state index is 0.00266. The molecule has 61 heavy (non-hydrogen) atoms. The lowest BCUT2D eigenvalue weighted by Gasteiger charge is -2.48. The molecule has 3 aromatic carbocycles. The molecule has 1 aliphatic carbocycles. The number of hydrogen-bond acceptors (Lipinski definition) is 12. The van der Waals surface area contributed by atoms with Crippen LogP contribution in [0.15, 0.2) is 91.0 Å². The number of nitrogens with zero attached hydrogens (tertiary/aromatic N) is 2. The van der Waals surface area contributed by atoms with Gasteiger partial charge in [0.15, 0.2) is 6.04 Å². The van der Waals surface area contributed by atoms with Gasteiger partial charge in [0.05, 0.1) is 19.2 Å². The maximum atomic E-state index is 14.9. The van der Waals surface area contributed by atoms with Crippen LogP contribution in [-0.2, 0) is 60.1 Å². The van der Waals surface area contributed by atoms with E-state index in [1.807, 2.05) is 84.9 Å². The molecule has 0 unspecified atom stereocenters. The third kappa shape index (κ3) is 8.98. The molecule has 3 amide bonds. The largest absolute Gasteiger partial charge is 0.460 e. The first-order valence-electron chi connectivity index (χ1n) is 20.6. The highest BCUT2D eigenvalue weighted by Crippen LogP contribution is 2.59. The van der Waals surface area contributed by atoms with Crippen molar-refractivity contribution in [3.8, 4) is 0 Å². The molecule has 7 atom stereocenters. The maximum absolute atomic E-state index is 14.9. The van der Waals surface area contributed by atoms with Gasteiger partial charge in [-0.1, -0.05) is 84.9 Å². The van der Waals surface area contributed by atoms with Gasteiger partial charge >= 0.3 is 11.9 Å². The van der Waals surface area contributed by atoms with Crippen LogP contribution < -0.4 is 10.6 Å². The highest BCUT2D eigenvalue weighted by molar-refractivity contribution is 5.94. The van der Waals surface area contributed by atoms with E-state index in [-0.39, 0.29) is 44.7 Å². The molecule has 0 aromatic heterocycles. The standard InChI is InChI=1S/C46H54N4O11/c1-44(2,3)58-37(54)23-21-33(28-51)48-35(52)24-25-47-43(56)45-26-34-38-39(60-46(59-38,31-16-8-6-9-17-31)32-18-10-7-11-19-32)41(45)61-50(40(45)42(55)57-34)27-30-15-13-12-14-29(30)20-22-36(53)49(4)5/h6-20,22,33-34,38-41,51H,21,23-28H2,1-5H3,(H,47,56)(H,48,52)/t33-,34+,38-,39-,40-,41+,45-/m0/s1. The Morgan fingerprint density at radius 3 is 2.21 bits per heavy atom. The lowest BCUT2D eigenvalue weighted by atomic mass is 9.62. The van der Waals surface area contributed by atoms with Gasteiger partial charge in [-0.2, -0.15) is 5.06 Å². The van der Waals surface area contributed by atoms with Gasteiger partial charge in [0.25, 0.3) is 0 Å². The number of aliphatic hydroxyl groups excluding tert-OH is 1. The highest BCUT2D eigenvalue weighted by atomic mass is 16.8. The summed E-state index contributed by atoms with van der Waals surface area (Å²) in [6.07, 6.45) is -0.461. The quantitative estimate of drug-likeness (QED) is 0.150. The van der Waals surface area contributed by atoms with Gasteiger partial charge < -0.3 is 39.6 Å². The van der Waals surface area contributed by atoms with E-state index in [0.29, 0.717) is 16.7 Å². The van der Waals surface area contributed by atoms with Gasteiger partial charge in [0.1, 0.15) is 35.4 Å². The first-order chi connectivity index (χ1) is 29.1. The van der Waals surface area contributed by atoms with Crippen molar-refractivity contribution in [2.45, 2.75) is 101 Å². The van der Waals surface area contributed by atoms with E-state index in [4.69, 9.17) is 23.8 Å². The summed E-state index contributed by atoms with van der Waals surface area (Å²) in [5, 5.41) is 17.1. The fourth-order valence-electron chi connectivity index (χ4n) is 8.66. The number of fused-ring (bicyclic) bond motifs is 4. The third-order valence-electron chi connectivity index (χ3n) is 11.5. The molecule has 3 N–H and O–H groups in total. The van der Waals surface area contributed by atoms with Crippen LogP contribution in [0.1, 0.15) is 68.7 Å². The van der Waals surface area contributed by atoms with E-state index in [0.717, 1.165) is 5.56 Å². The van der Waals surface area contributed by atoms with Crippen LogP contribution in [0.3, 0.4) is 0 Å². The number of aliphatic hydroxyl groups is 1. The SMILES string of the molecule is CN(C)C(=O)C=Cc1ccccc1CN1O[C@@H]2[C@H]3OC(c4ccccc4)(c4ccccc4)O[C@H]3[C@H]3C[C@]2(C(=O)NCCC(=O)N[C@H](CO)CCC(=O)OC(C)(C)C)[C@@H]1C(=O)O3. The number of benzene rings is 3. The highest BCUT2D eigenvalue weighted by Gasteiger charge is 2.76. The van der Waals surface area contributed by atoms with Crippen LogP contribution in [0.25, 0.3) is 6.08 Å². The summed E-state index contributed by atoms with van der Waals surface area (Å²) in [5.74, 6) is -3.73. The third-order valence-corrected chi connectivity index (χ3v) is 11.5. The van der Waals surface area contributed by atoms with Crippen molar-refractivity contribution < 1.29 is 52.9 Å². The number of esters is 2. The zero-order valence-electron chi connectivity index (χ0n) is 35.1. The Kier molecular flexibility index (Phi) is 12.8. The molecule has 324 valence electrons. The Hall–Kier alpha value is -5.45. The van der Waals surface area contributed by atoms with Gasteiger partial charge in [0, 0.05) is 57.1 Å². The summed E-state index contributed by atoms with van der Waals surface area (Å²) in [6.45, 7) is 4.82. The zero-order chi connectivity index (χ0) is 43.5. The number of hydroxylamine groups is 2. The topological polar surface area (TPSA) is 182 Å². The first kappa shape index (κ1) is 43.6. The Bertz CT molecular complexity index is 2080. The number of likely N-dealkylation sites (N-methyl/N-ethyl adjacent to an activating group) is 1. The van der Waals surface area contributed by atoms with Crippen molar-refractivity contribution in [2.24, 2.45) is 5.41 Å². The molecule has 4 fully saturated rings. The van der Waals surface area contributed by atoms with Crippen LogP contribution >= 0.6 is 0 Å². The molecular formula is C46H54N4O11. The van der Waals surface area contributed by atoms with Crippen molar-refractivity contribution in [1.29, 1.82) is 0 Å². The van der Waals surface area contributed by atoms with Gasteiger partial charge in [-0.15, -0.1) is 0 Å². The van der Waals surface area contributed by atoms with E-state index >= 15 is 0 Å². The summed E-state index contributed by atoms with van der Waals surface area (Å²) in [7, 11) is 3.31. The summed E-state index contributed by atoms with van der Waals surface area (Å²) in [5.41, 5.74) is 0.624. The molecule has 3 aliphatic heterocycles. The molecule has 15 nitrogen and oxygen atoms in total. The minimum Gasteiger partial charge on any atom is -0.460 e. The Balaban J connectivity index is 1.17. The molecular weight excluding hydrogens is 785 g/mol.